The second-order valence-electron chi connectivity index (χ2n) is 4.62. The lowest BCUT2D eigenvalue weighted by molar-refractivity contribution is 0.0360. The summed E-state index contributed by atoms with van der Waals surface area (Å²) in [7, 11) is 0. The van der Waals surface area contributed by atoms with Crippen LogP contribution in [0.3, 0.4) is 0 Å². The zero-order valence-electron chi connectivity index (χ0n) is 9.42. The summed E-state index contributed by atoms with van der Waals surface area (Å²) in [5.41, 5.74) is 0. The maximum atomic E-state index is 5.61. The number of rotatable bonds is 4. The van der Waals surface area contributed by atoms with Crippen LogP contribution in [0.1, 0.15) is 34.1 Å². The van der Waals surface area contributed by atoms with Gasteiger partial charge in [0, 0.05) is 12.6 Å². The molecule has 0 aliphatic carbocycles. The third-order valence-corrected chi connectivity index (χ3v) is 2.75. The summed E-state index contributed by atoms with van der Waals surface area (Å²) in [6.07, 6.45) is 1.72. The Morgan fingerprint density at radius 2 is 2.08 bits per heavy atom. The second kappa shape index (κ2) is 4.97. The van der Waals surface area contributed by atoms with E-state index >= 15 is 0 Å². The van der Waals surface area contributed by atoms with Crippen molar-refractivity contribution in [2.45, 2.75) is 46.3 Å². The SMILES string of the molecule is CC(C)OC[C@H](C)N1CC[C@@H](C)C1. The highest BCUT2D eigenvalue weighted by Gasteiger charge is 2.22. The summed E-state index contributed by atoms with van der Waals surface area (Å²) in [5, 5.41) is 0. The van der Waals surface area contributed by atoms with Crippen molar-refractivity contribution >= 4 is 0 Å². The Morgan fingerprint density at radius 1 is 1.38 bits per heavy atom. The fraction of sp³-hybridized carbons (Fsp3) is 1.00. The first-order valence-electron chi connectivity index (χ1n) is 5.45. The van der Waals surface area contributed by atoms with E-state index < -0.39 is 0 Å². The Labute approximate surface area is 82.3 Å². The van der Waals surface area contributed by atoms with Gasteiger partial charge in [-0.15, -0.1) is 0 Å². The van der Waals surface area contributed by atoms with E-state index in [0.29, 0.717) is 12.1 Å². The first-order chi connectivity index (χ1) is 6.09. The molecule has 1 aliphatic heterocycles. The van der Waals surface area contributed by atoms with Gasteiger partial charge in [0.25, 0.3) is 0 Å². The van der Waals surface area contributed by atoms with E-state index in [2.05, 4.69) is 32.6 Å². The molecule has 13 heavy (non-hydrogen) atoms. The normalized spacial score (nSPS) is 27.0. The predicted molar refractivity (Wildman–Crippen MR) is 55.9 cm³/mol. The fourth-order valence-electron chi connectivity index (χ4n) is 1.81. The average Bonchev–Trinajstić information content (AvgIpc) is 2.47. The molecule has 1 aliphatic rings. The topological polar surface area (TPSA) is 12.5 Å². The van der Waals surface area contributed by atoms with Crippen LogP contribution in [0.2, 0.25) is 0 Å². The molecule has 78 valence electrons. The first-order valence-corrected chi connectivity index (χ1v) is 5.45. The Balaban J connectivity index is 2.19. The molecule has 0 bridgehead atoms. The molecule has 0 aromatic carbocycles. The van der Waals surface area contributed by atoms with E-state index in [4.69, 9.17) is 4.74 Å². The van der Waals surface area contributed by atoms with Gasteiger partial charge < -0.3 is 4.74 Å². The summed E-state index contributed by atoms with van der Waals surface area (Å²) < 4.78 is 5.61. The zero-order chi connectivity index (χ0) is 9.84. The van der Waals surface area contributed by atoms with Gasteiger partial charge in [-0.05, 0) is 39.7 Å². The smallest absolute Gasteiger partial charge is 0.0622 e. The third-order valence-electron chi connectivity index (χ3n) is 2.75. The minimum Gasteiger partial charge on any atom is -0.377 e. The second-order valence-corrected chi connectivity index (χ2v) is 4.62. The van der Waals surface area contributed by atoms with Crippen LogP contribution < -0.4 is 0 Å². The van der Waals surface area contributed by atoms with Gasteiger partial charge in [-0.2, -0.15) is 0 Å². The van der Waals surface area contributed by atoms with Crippen molar-refractivity contribution in [3.8, 4) is 0 Å². The van der Waals surface area contributed by atoms with E-state index in [0.717, 1.165) is 12.5 Å². The standard InChI is InChI=1S/C11H23NO/c1-9(2)13-8-11(4)12-6-5-10(3)7-12/h9-11H,5-8H2,1-4H3/t10-,11+/m1/s1. The molecule has 1 rings (SSSR count). The molecule has 0 radical (unpaired) electrons. The average molecular weight is 185 g/mol. The molecular formula is C11H23NO. The maximum Gasteiger partial charge on any atom is 0.0622 e. The summed E-state index contributed by atoms with van der Waals surface area (Å²) in [5.74, 6) is 0.876. The molecule has 1 saturated heterocycles. The molecule has 0 amide bonds. The summed E-state index contributed by atoms with van der Waals surface area (Å²) in [6, 6.07) is 0.590. The fourth-order valence-corrected chi connectivity index (χ4v) is 1.81. The molecule has 2 heteroatoms. The molecule has 0 unspecified atom stereocenters. The number of likely N-dealkylation sites (tertiary alicyclic amines) is 1. The van der Waals surface area contributed by atoms with Crippen molar-refractivity contribution in [2.75, 3.05) is 19.7 Å². The van der Waals surface area contributed by atoms with Crippen molar-refractivity contribution in [3.63, 3.8) is 0 Å². The third kappa shape index (κ3) is 3.65. The Morgan fingerprint density at radius 3 is 2.54 bits per heavy atom. The minimum atomic E-state index is 0.363. The molecule has 1 fully saturated rings. The minimum absolute atomic E-state index is 0.363. The molecule has 0 aromatic heterocycles. The van der Waals surface area contributed by atoms with Gasteiger partial charge in [0.15, 0.2) is 0 Å². The lowest BCUT2D eigenvalue weighted by Gasteiger charge is -2.24. The van der Waals surface area contributed by atoms with Crippen molar-refractivity contribution < 1.29 is 4.74 Å². The summed E-state index contributed by atoms with van der Waals surface area (Å²) in [4.78, 5) is 2.53. The van der Waals surface area contributed by atoms with Gasteiger partial charge in [0.2, 0.25) is 0 Å². The van der Waals surface area contributed by atoms with E-state index in [1.165, 1.54) is 19.5 Å². The predicted octanol–water partition coefficient (Wildman–Crippen LogP) is 2.14. The van der Waals surface area contributed by atoms with Crippen LogP contribution in [0, 0.1) is 5.92 Å². The number of hydrogen-bond acceptors (Lipinski definition) is 2. The molecule has 2 nitrogen and oxygen atoms in total. The molecule has 0 saturated carbocycles. The van der Waals surface area contributed by atoms with Crippen LogP contribution in [-0.2, 0) is 4.74 Å². The van der Waals surface area contributed by atoms with Gasteiger partial charge in [-0.25, -0.2) is 0 Å². The van der Waals surface area contributed by atoms with Gasteiger partial charge >= 0.3 is 0 Å². The van der Waals surface area contributed by atoms with Crippen molar-refractivity contribution in [3.05, 3.63) is 0 Å². The van der Waals surface area contributed by atoms with E-state index in [1.54, 1.807) is 0 Å². The quantitative estimate of drug-likeness (QED) is 0.665. The van der Waals surface area contributed by atoms with E-state index in [1.807, 2.05) is 0 Å². The number of hydrogen-bond donors (Lipinski definition) is 0. The van der Waals surface area contributed by atoms with Gasteiger partial charge in [-0.3, -0.25) is 4.90 Å². The molecule has 2 atom stereocenters. The highest BCUT2D eigenvalue weighted by molar-refractivity contribution is 4.76. The largest absolute Gasteiger partial charge is 0.377 e. The van der Waals surface area contributed by atoms with Gasteiger partial charge in [-0.1, -0.05) is 6.92 Å². The summed E-state index contributed by atoms with van der Waals surface area (Å²) in [6.45, 7) is 12.2. The van der Waals surface area contributed by atoms with E-state index in [-0.39, 0.29) is 0 Å². The van der Waals surface area contributed by atoms with Crippen molar-refractivity contribution in [1.82, 2.24) is 4.90 Å². The lowest BCUT2D eigenvalue weighted by Crippen LogP contribution is -2.35. The lowest BCUT2D eigenvalue weighted by atomic mass is 10.2. The monoisotopic (exact) mass is 185 g/mol. The molecule has 0 N–H and O–H groups in total. The Kier molecular flexibility index (Phi) is 4.20. The van der Waals surface area contributed by atoms with Crippen LogP contribution in [-0.4, -0.2) is 36.7 Å². The van der Waals surface area contributed by atoms with Crippen LogP contribution in [0.5, 0.6) is 0 Å². The highest BCUT2D eigenvalue weighted by atomic mass is 16.5. The Hall–Kier alpha value is -0.0800. The highest BCUT2D eigenvalue weighted by Crippen LogP contribution is 2.17. The van der Waals surface area contributed by atoms with Crippen LogP contribution in [0.25, 0.3) is 0 Å². The van der Waals surface area contributed by atoms with Gasteiger partial charge in [0.1, 0.15) is 0 Å². The van der Waals surface area contributed by atoms with Crippen molar-refractivity contribution in [2.24, 2.45) is 5.92 Å². The zero-order valence-corrected chi connectivity index (χ0v) is 9.42. The molecule has 1 heterocycles. The Bertz CT molecular complexity index is 147. The molecule has 0 aromatic rings. The van der Waals surface area contributed by atoms with Crippen LogP contribution in [0.4, 0.5) is 0 Å². The number of ether oxygens (including phenoxy) is 1. The van der Waals surface area contributed by atoms with Crippen molar-refractivity contribution in [1.29, 1.82) is 0 Å². The molecular weight excluding hydrogens is 162 g/mol. The van der Waals surface area contributed by atoms with Crippen LogP contribution >= 0.6 is 0 Å². The maximum absolute atomic E-state index is 5.61. The van der Waals surface area contributed by atoms with E-state index in [9.17, 15) is 0 Å². The summed E-state index contributed by atoms with van der Waals surface area (Å²) >= 11 is 0. The van der Waals surface area contributed by atoms with Crippen LogP contribution in [0.15, 0.2) is 0 Å². The van der Waals surface area contributed by atoms with Gasteiger partial charge in [0.05, 0.1) is 12.7 Å². The number of nitrogens with zero attached hydrogens (tertiary/aromatic N) is 1. The first kappa shape index (κ1) is 11.0. The molecule has 0 spiro atoms.